The molecule has 0 atom stereocenters. The van der Waals surface area contributed by atoms with Gasteiger partial charge in [-0.1, -0.05) is 42.5 Å². The maximum atomic E-state index is 12.2. The maximum absolute atomic E-state index is 12.2. The molecule has 0 N–H and O–H groups in total. The minimum Gasteiger partial charge on any atom is -0.423 e. The molecule has 0 saturated heterocycles. The highest BCUT2D eigenvalue weighted by Gasteiger charge is 2.13. The Kier molecular flexibility index (Phi) is 3.44. The average Bonchev–Trinajstić information content (AvgIpc) is 2.47. The van der Waals surface area contributed by atoms with E-state index in [1.54, 1.807) is 12.1 Å². The topological polar surface area (TPSA) is 26.3 Å². The molecular formula is C17H12O2S. The second-order valence-electron chi connectivity index (χ2n) is 4.42. The van der Waals surface area contributed by atoms with Crippen molar-refractivity contribution in [2.45, 2.75) is 4.90 Å². The normalized spacial score (nSPS) is 10.4. The summed E-state index contributed by atoms with van der Waals surface area (Å²) in [4.78, 5) is 12.8. The van der Waals surface area contributed by atoms with Gasteiger partial charge in [0, 0.05) is 4.90 Å². The van der Waals surface area contributed by atoms with Gasteiger partial charge in [-0.25, -0.2) is 4.79 Å². The Hall–Kier alpha value is -2.26. The molecule has 0 aliphatic heterocycles. The van der Waals surface area contributed by atoms with Crippen LogP contribution >= 0.6 is 12.6 Å². The molecule has 20 heavy (non-hydrogen) atoms. The van der Waals surface area contributed by atoms with Crippen molar-refractivity contribution >= 4 is 29.4 Å². The molecule has 0 aromatic heterocycles. The van der Waals surface area contributed by atoms with Gasteiger partial charge in [0.05, 0.1) is 5.56 Å². The number of fused-ring (bicyclic) bond motifs is 1. The zero-order valence-corrected chi connectivity index (χ0v) is 11.5. The van der Waals surface area contributed by atoms with Crippen molar-refractivity contribution in [2.75, 3.05) is 0 Å². The fourth-order valence-electron chi connectivity index (χ4n) is 2.04. The Labute approximate surface area is 122 Å². The Morgan fingerprint density at radius 1 is 0.850 bits per heavy atom. The zero-order chi connectivity index (χ0) is 13.9. The molecule has 0 unspecified atom stereocenters. The summed E-state index contributed by atoms with van der Waals surface area (Å²) in [5.41, 5.74) is 0.468. The molecule has 98 valence electrons. The van der Waals surface area contributed by atoms with Gasteiger partial charge in [-0.3, -0.25) is 0 Å². The van der Waals surface area contributed by atoms with Crippen LogP contribution in [0.1, 0.15) is 10.4 Å². The van der Waals surface area contributed by atoms with E-state index < -0.39 is 5.97 Å². The lowest BCUT2D eigenvalue weighted by molar-refractivity contribution is 0.0731. The van der Waals surface area contributed by atoms with Gasteiger partial charge in [-0.05, 0) is 35.0 Å². The molecule has 2 nitrogen and oxygen atoms in total. The smallest absolute Gasteiger partial charge is 0.344 e. The molecule has 3 rings (SSSR count). The Balaban J connectivity index is 1.97. The molecule has 0 radical (unpaired) electrons. The van der Waals surface area contributed by atoms with Crippen LogP contribution in [0.4, 0.5) is 0 Å². The molecule has 0 heterocycles. The van der Waals surface area contributed by atoms with Crippen LogP contribution in [0.5, 0.6) is 5.75 Å². The van der Waals surface area contributed by atoms with Crippen molar-refractivity contribution in [3.63, 3.8) is 0 Å². The number of carbonyl (C=O) groups is 1. The SMILES string of the molecule is O=C(Oc1ccccc1)c1cc2ccccc2cc1S. The minimum absolute atomic E-state index is 0.396. The second kappa shape index (κ2) is 5.39. The standard InChI is InChI=1S/C17H12O2S/c18-17(19-14-8-2-1-3-9-14)15-10-12-6-4-5-7-13(12)11-16(15)20/h1-11,20H. The van der Waals surface area contributed by atoms with E-state index >= 15 is 0 Å². The third-order valence-corrected chi connectivity index (χ3v) is 3.41. The number of hydrogen-bond acceptors (Lipinski definition) is 3. The van der Waals surface area contributed by atoms with E-state index in [0.717, 1.165) is 10.8 Å². The van der Waals surface area contributed by atoms with Crippen molar-refractivity contribution < 1.29 is 9.53 Å². The molecule has 0 spiro atoms. The van der Waals surface area contributed by atoms with E-state index in [-0.39, 0.29) is 0 Å². The molecule has 0 bridgehead atoms. The van der Waals surface area contributed by atoms with Crippen molar-refractivity contribution in [3.05, 3.63) is 72.3 Å². The van der Waals surface area contributed by atoms with Gasteiger partial charge < -0.3 is 4.74 Å². The molecule has 3 aromatic rings. The van der Waals surface area contributed by atoms with E-state index in [1.807, 2.05) is 54.6 Å². The fraction of sp³-hybridized carbons (Fsp3) is 0. The van der Waals surface area contributed by atoms with Crippen LogP contribution in [0.2, 0.25) is 0 Å². The van der Waals surface area contributed by atoms with Gasteiger partial charge in [0.25, 0.3) is 0 Å². The van der Waals surface area contributed by atoms with Gasteiger partial charge in [0.1, 0.15) is 5.75 Å². The summed E-state index contributed by atoms with van der Waals surface area (Å²) < 4.78 is 5.34. The number of hydrogen-bond donors (Lipinski definition) is 1. The maximum Gasteiger partial charge on any atom is 0.344 e. The lowest BCUT2D eigenvalue weighted by atomic mass is 10.1. The lowest BCUT2D eigenvalue weighted by Crippen LogP contribution is -2.09. The second-order valence-corrected chi connectivity index (χ2v) is 4.90. The highest BCUT2D eigenvalue weighted by molar-refractivity contribution is 7.80. The largest absolute Gasteiger partial charge is 0.423 e. The number of esters is 1. The molecular weight excluding hydrogens is 268 g/mol. The third-order valence-electron chi connectivity index (χ3n) is 3.04. The van der Waals surface area contributed by atoms with Gasteiger partial charge in [0.15, 0.2) is 0 Å². The zero-order valence-electron chi connectivity index (χ0n) is 10.6. The number of thiol groups is 1. The summed E-state index contributed by atoms with van der Waals surface area (Å²) >= 11 is 4.38. The van der Waals surface area contributed by atoms with Gasteiger partial charge in [0.2, 0.25) is 0 Å². The van der Waals surface area contributed by atoms with Gasteiger partial charge >= 0.3 is 5.97 Å². The van der Waals surface area contributed by atoms with E-state index in [4.69, 9.17) is 4.74 Å². The van der Waals surface area contributed by atoms with Gasteiger partial charge in [-0.15, -0.1) is 12.6 Å². The van der Waals surface area contributed by atoms with E-state index in [2.05, 4.69) is 12.6 Å². The first-order valence-corrected chi connectivity index (χ1v) is 6.68. The first-order valence-electron chi connectivity index (χ1n) is 6.23. The molecule has 0 aliphatic rings. The number of para-hydroxylation sites is 1. The van der Waals surface area contributed by atoms with Crippen LogP contribution in [-0.2, 0) is 0 Å². The predicted molar refractivity (Wildman–Crippen MR) is 82.6 cm³/mol. The molecule has 0 saturated carbocycles. The van der Waals surface area contributed by atoms with Crippen LogP contribution < -0.4 is 4.74 Å². The molecule has 0 aliphatic carbocycles. The Morgan fingerprint density at radius 2 is 1.45 bits per heavy atom. The highest BCUT2D eigenvalue weighted by atomic mass is 32.1. The first-order chi connectivity index (χ1) is 9.74. The van der Waals surface area contributed by atoms with Crippen LogP contribution in [0.3, 0.4) is 0 Å². The fourth-order valence-corrected chi connectivity index (χ4v) is 2.34. The van der Waals surface area contributed by atoms with Crippen LogP contribution in [0, 0.1) is 0 Å². The molecule has 3 heteroatoms. The third kappa shape index (κ3) is 2.53. The lowest BCUT2D eigenvalue weighted by Gasteiger charge is -2.08. The summed E-state index contributed by atoms with van der Waals surface area (Å²) in [7, 11) is 0. The minimum atomic E-state index is -0.396. The van der Waals surface area contributed by atoms with E-state index in [1.165, 1.54) is 0 Å². The quantitative estimate of drug-likeness (QED) is 0.429. The summed E-state index contributed by atoms with van der Waals surface area (Å²) in [6.07, 6.45) is 0. The highest BCUT2D eigenvalue weighted by Crippen LogP contribution is 2.24. The molecule has 0 fully saturated rings. The summed E-state index contributed by atoms with van der Waals surface area (Å²) in [6, 6.07) is 20.5. The summed E-state index contributed by atoms with van der Waals surface area (Å²) in [6.45, 7) is 0. The number of carbonyl (C=O) groups excluding carboxylic acids is 1. The molecule has 0 amide bonds. The van der Waals surface area contributed by atoms with Crippen molar-refractivity contribution in [1.82, 2.24) is 0 Å². The number of benzene rings is 3. The van der Waals surface area contributed by atoms with Crippen LogP contribution in [-0.4, -0.2) is 5.97 Å². The first kappa shape index (κ1) is 12.8. The Morgan fingerprint density at radius 3 is 2.15 bits per heavy atom. The van der Waals surface area contributed by atoms with Crippen molar-refractivity contribution in [1.29, 1.82) is 0 Å². The Bertz CT molecular complexity index is 766. The number of rotatable bonds is 2. The summed E-state index contributed by atoms with van der Waals surface area (Å²) in [5.74, 6) is 0.130. The van der Waals surface area contributed by atoms with Gasteiger partial charge in [-0.2, -0.15) is 0 Å². The monoisotopic (exact) mass is 280 g/mol. The predicted octanol–water partition coefficient (Wildman–Crippen LogP) is 4.35. The van der Waals surface area contributed by atoms with E-state index in [9.17, 15) is 4.79 Å². The van der Waals surface area contributed by atoms with Crippen molar-refractivity contribution in [2.24, 2.45) is 0 Å². The van der Waals surface area contributed by atoms with Crippen LogP contribution in [0.25, 0.3) is 10.8 Å². The van der Waals surface area contributed by atoms with E-state index in [0.29, 0.717) is 16.2 Å². The average molecular weight is 280 g/mol. The van der Waals surface area contributed by atoms with Crippen molar-refractivity contribution in [3.8, 4) is 5.75 Å². The molecule has 3 aromatic carbocycles. The number of ether oxygens (including phenoxy) is 1. The van der Waals surface area contributed by atoms with Crippen LogP contribution in [0.15, 0.2) is 71.6 Å². The summed E-state index contributed by atoms with van der Waals surface area (Å²) in [5, 5.41) is 2.04.